The van der Waals surface area contributed by atoms with Crippen molar-refractivity contribution in [3.05, 3.63) is 71.4 Å². The van der Waals surface area contributed by atoms with Crippen LogP contribution in [0.3, 0.4) is 0 Å². The number of hydrogen-bond acceptors (Lipinski definition) is 7. The van der Waals surface area contributed by atoms with Crippen molar-refractivity contribution >= 4 is 23.3 Å². The van der Waals surface area contributed by atoms with Crippen LogP contribution in [0.15, 0.2) is 60.3 Å². The number of piperazine rings is 1. The molecule has 1 aliphatic rings. The highest BCUT2D eigenvalue weighted by Crippen LogP contribution is 2.19. The van der Waals surface area contributed by atoms with Gasteiger partial charge in [0.05, 0.1) is 14.2 Å². The zero-order chi connectivity index (χ0) is 22.2. The summed E-state index contributed by atoms with van der Waals surface area (Å²) in [6.45, 7) is 7.04. The van der Waals surface area contributed by atoms with Gasteiger partial charge in [-0.25, -0.2) is 9.59 Å². The van der Waals surface area contributed by atoms with E-state index in [4.69, 9.17) is 0 Å². The van der Waals surface area contributed by atoms with Crippen molar-refractivity contribution in [1.82, 2.24) is 4.90 Å². The van der Waals surface area contributed by atoms with E-state index in [-0.39, 0.29) is 5.57 Å². The van der Waals surface area contributed by atoms with Crippen molar-refractivity contribution in [3.8, 4) is 0 Å². The van der Waals surface area contributed by atoms with Gasteiger partial charge in [-0.05, 0) is 36.8 Å². The molecule has 1 saturated heterocycles. The number of carbonyl (C=O) groups excluding carboxylic acids is 2. The molecule has 0 atom stereocenters. The normalized spacial score (nSPS) is 14.0. The van der Waals surface area contributed by atoms with Gasteiger partial charge in [0.1, 0.15) is 0 Å². The topological polar surface area (TPSA) is 71.1 Å². The van der Waals surface area contributed by atoms with Crippen LogP contribution in [0.5, 0.6) is 0 Å². The van der Waals surface area contributed by atoms with Crippen LogP contribution in [0, 0.1) is 6.92 Å². The SMILES string of the molecule is COC(=O)C(=CNc1ccc(CN2CCN(c3ccc(C)cc3)CC2)cc1)C(=O)OC. The van der Waals surface area contributed by atoms with E-state index in [0.717, 1.165) is 38.4 Å². The standard InChI is InChI=1S/C24H29N3O4/c1-18-4-10-21(11-5-18)27-14-12-26(13-15-27)17-19-6-8-20(9-7-19)25-16-22(23(28)30-2)24(29)31-3/h4-11,16,25H,12-15,17H2,1-3H3. The smallest absolute Gasteiger partial charge is 0.346 e. The first-order valence-electron chi connectivity index (χ1n) is 10.3. The average Bonchev–Trinajstić information content (AvgIpc) is 2.81. The van der Waals surface area contributed by atoms with Gasteiger partial charge in [0.25, 0.3) is 0 Å². The van der Waals surface area contributed by atoms with Crippen LogP contribution >= 0.6 is 0 Å². The third-order valence-electron chi connectivity index (χ3n) is 5.33. The summed E-state index contributed by atoms with van der Waals surface area (Å²) in [7, 11) is 2.43. The number of nitrogens with one attached hydrogen (secondary N) is 1. The van der Waals surface area contributed by atoms with Crippen molar-refractivity contribution < 1.29 is 19.1 Å². The maximum atomic E-state index is 11.7. The lowest BCUT2D eigenvalue weighted by Crippen LogP contribution is -2.45. The molecule has 1 aliphatic heterocycles. The Morgan fingerprint density at radius 3 is 2.03 bits per heavy atom. The molecule has 0 aliphatic carbocycles. The van der Waals surface area contributed by atoms with Crippen LogP contribution in [-0.4, -0.2) is 57.2 Å². The zero-order valence-electron chi connectivity index (χ0n) is 18.3. The predicted octanol–water partition coefficient (Wildman–Crippen LogP) is 2.96. The van der Waals surface area contributed by atoms with Gasteiger partial charge in [0.2, 0.25) is 0 Å². The van der Waals surface area contributed by atoms with E-state index in [2.05, 4.69) is 55.8 Å². The van der Waals surface area contributed by atoms with Crippen LogP contribution in [0.25, 0.3) is 0 Å². The van der Waals surface area contributed by atoms with Gasteiger partial charge in [-0.3, -0.25) is 4.90 Å². The third kappa shape index (κ3) is 6.08. The van der Waals surface area contributed by atoms with Crippen molar-refractivity contribution in [2.75, 3.05) is 50.6 Å². The van der Waals surface area contributed by atoms with E-state index >= 15 is 0 Å². The fraction of sp³-hybridized carbons (Fsp3) is 0.333. The quantitative estimate of drug-likeness (QED) is 0.318. The number of anilines is 2. The Morgan fingerprint density at radius 1 is 0.903 bits per heavy atom. The zero-order valence-corrected chi connectivity index (χ0v) is 18.3. The van der Waals surface area contributed by atoms with Crippen LogP contribution in [0.2, 0.25) is 0 Å². The first-order chi connectivity index (χ1) is 15.0. The number of esters is 2. The van der Waals surface area contributed by atoms with Crippen molar-refractivity contribution in [2.24, 2.45) is 0 Å². The molecular formula is C24H29N3O4. The van der Waals surface area contributed by atoms with Crippen molar-refractivity contribution in [1.29, 1.82) is 0 Å². The van der Waals surface area contributed by atoms with Gasteiger partial charge in [0, 0.05) is 50.3 Å². The molecule has 0 aromatic heterocycles. The van der Waals surface area contributed by atoms with E-state index in [1.54, 1.807) is 0 Å². The van der Waals surface area contributed by atoms with Crippen molar-refractivity contribution in [3.63, 3.8) is 0 Å². The summed E-state index contributed by atoms with van der Waals surface area (Å²) in [4.78, 5) is 28.3. The summed E-state index contributed by atoms with van der Waals surface area (Å²) in [6, 6.07) is 16.6. The maximum absolute atomic E-state index is 11.7. The number of methoxy groups -OCH3 is 2. The fourth-order valence-corrected chi connectivity index (χ4v) is 3.46. The first-order valence-corrected chi connectivity index (χ1v) is 10.3. The number of benzene rings is 2. The number of rotatable bonds is 7. The third-order valence-corrected chi connectivity index (χ3v) is 5.33. The van der Waals surface area contributed by atoms with Gasteiger partial charge in [0.15, 0.2) is 5.57 Å². The van der Waals surface area contributed by atoms with E-state index < -0.39 is 11.9 Å². The fourth-order valence-electron chi connectivity index (χ4n) is 3.46. The van der Waals surface area contributed by atoms with Gasteiger partial charge in [-0.2, -0.15) is 0 Å². The molecule has 0 spiro atoms. The molecule has 0 amide bonds. The van der Waals surface area contributed by atoms with E-state index in [9.17, 15) is 9.59 Å². The lowest BCUT2D eigenvalue weighted by atomic mass is 10.1. The van der Waals surface area contributed by atoms with E-state index in [1.807, 2.05) is 24.3 Å². The summed E-state index contributed by atoms with van der Waals surface area (Å²) in [5, 5.41) is 2.95. The minimum atomic E-state index is -0.749. The molecule has 3 rings (SSSR count). The Morgan fingerprint density at radius 2 is 1.48 bits per heavy atom. The predicted molar refractivity (Wildman–Crippen MR) is 121 cm³/mol. The molecule has 0 saturated carbocycles. The first kappa shape index (κ1) is 22.4. The average molecular weight is 424 g/mol. The lowest BCUT2D eigenvalue weighted by molar-refractivity contribution is -0.144. The number of carbonyl (C=O) groups is 2. The lowest BCUT2D eigenvalue weighted by Gasteiger charge is -2.36. The minimum absolute atomic E-state index is 0.194. The molecule has 2 aromatic rings. The molecule has 0 bridgehead atoms. The molecule has 2 aromatic carbocycles. The second kappa shape index (κ2) is 10.6. The van der Waals surface area contributed by atoms with Crippen LogP contribution < -0.4 is 10.2 Å². The molecule has 1 heterocycles. The van der Waals surface area contributed by atoms with Gasteiger partial charge >= 0.3 is 11.9 Å². The minimum Gasteiger partial charge on any atom is -0.465 e. The highest BCUT2D eigenvalue weighted by molar-refractivity contribution is 6.14. The number of nitrogens with zero attached hydrogens (tertiary/aromatic N) is 2. The highest BCUT2D eigenvalue weighted by Gasteiger charge is 2.20. The monoisotopic (exact) mass is 423 g/mol. The van der Waals surface area contributed by atoms with E-state index in [1.165, 1.54) is 37.2 Å². The van der Waals surface area contributed by atoms with Crippen LogP contribution in [0.1, 0.15) is 11.1 Å². The van der Waals surface area contributed by atoms with Gasteiger partial charge < -0.3 is 19.7 Å². The summed E-state index contributed by atoms with van der Waals surface area (Å²) in [5.74, 6) is -1.50. The molecule has 7 heteroatoms. The van der Waals surface area contributed by atoms with Crippen LogP contribution in [0.4, 0.5) is 11.4 Å². The molecule has 1 N–H and O–H groups in total. The molecule has 0 unspecified atom stereocenters. The Balaban J connectivity index is 1.53. The molecule has 1 fully saturated rings. The summed E-state index contributed by atoms with van der Waals surface area (Å²) in [6.07, 6.45) is 1.30. The Labute approximate surface area is 183 Å². The summed E-state index contributed by atoms with van der Waals surface area (Å²) < 4.78 is 9.22. The largest absolute Gasteiger partial charge is 0.465 e. The molecule has 31 heavy (non-hydrogen) atoms. The highest BCUT2D eigenvalue weighted by atomic mass is 16.5. The van der Waals surface area contributed by atoms with Gasteiger partial charge in [-0.1, -0.05) is 29.8 Å². The molecule has 7 nitrogen and oxygen atoms in total. The van der Waals surface area contributed by atoms with E-state index in [0.29, 0.717) is 0 Å². The second-order valence-corrected chi connectivity index (χ2v) is 7.48. The van der Waals surface area contributed by atoms with Crippen LogP contribution in [-0.2, 0) is 25.6 Å². The maximum Gasteiger partial charge on any atom is 0.346 e. The Hall–Kier alpha value is -3.32. The summed E-state index contributed by atoms with van der Waals surface area (Å²) >= 11 is 0. The summed E-state index contributed by atoms with van der Waals surface area (Å²) in [5.41, 5.74) is 4.34. The van der Waals surface area contributed by atoms with Gasteiger partial charge in [-0.15, -0.1) is 0 Å². The number of aryl methyl sites for hydroxylation is 1. The Bertz CT molecular complexity index is 897. The number of ether oxygens (including phenoxy) is 2. The second-order valence-electron chi connectivity index (χ2n) is 7.48. The molecule has 0 radical (unpaired) electrons. The molecular weight excluding hydrogens is 394 g/mol. The molecule has 164 valence electrons. The Kier molecular flexibility index (Phi) is 7.67. The number of hydrogen-bond donors (Lipinski definition) is 1. The van der Waals surface area contributed by atoms with Crippen molar-refractivity contribution in [2.45, 2.75) is 13.5 Å².